The number of thiazole rings is 1. The zero-order valence-corrected chi connectivity index (χ0v) is 14.4. The van der Waals surface area contributed by atoms with E-state index in [1.807, 2.05) is 17.3 Å². The number of nitrogens with zero attached hydrogens (tertiary/aromatic N) is 2. The van der Waals surface area contributed by atoms with Gasteiger partial charge in [0.15, 0.2) is 0 Å². The van der Waals surface area contributed by atoms with Crippen molar-refractivity contribution in [3.8, 4) is 0 Å². The fraction of sp³-hybridized carbons (Fsp3) is 0.692. The molecule has 0 spiro atoms. The molecule has 0 radical (unpaired) electrons. The monoisotopic (exact) mass is 339 g/mol. The van der Waals surface area contributed by atoms with E-state index in [0.29, 0.717) is 12.5 Å². The van der Waals surface area contributed by atoms with Crippen LogP contribution in [0.15, 0.2) is 5.38 Å². The van der Waals surface area contributed by atoms with E-state index < -0.39 is 0 Å². The van der Waals surface area contributed by atoms with Gasteiger partial charge in [-0.25, -0.2) is 4.98 Å². The van der Waals surface area contributed by atoms with Crippen LogP contribution in [0.2, 0.25) is 0 Å². The van der Waals surface area contributed by atoms with E-state index in [1.165, 1.54) is 0 Å². The Kier molecular flexibility index (Phi) is 9.38. The van der Waals surface area contributed by atoms with Crippen LogP contribution < -0.4 is 5.32 Å². The van der Waals surface area contributed by atoms with Gasteiger partial charge in [0.05, 0.1) is 17.1 Å². The average molecular weight is 340 g/mol. The van der Waals surface area contributed by atoms with E-state index in [1.54, 1.807) is 11.3 Å². The number of aryl methyl sites for hydroxylation is 1. The Labute approximate surface area is 137 Å². The Bertz CT molecular complexity index is 408. The maximum Gasteiger partial charge on any atom is 0.228 e. The molecule has 2 heterocycles. The first-order valence-electron chi connectivity index (χ1n) is 6.60. The van der Waals surface area contributed by atoms with Gasteiger partial charge in [-0.1, -0.05) is 6.92 Å². The van der Waals surface area contributed by atoms with E-state index in [4.69, 9.17) is 0 Å². The number of carbonyl (C=O) groups is 1. The summed E-state index contributed by atoms with van der Waals surface area (Å²) in [5.74, 6) is 0.190. The van der Waals surface area contributed by atoms with Crippen LogP contribution in [0, 0.1) is 0 Å². The van der Waals surface area contributed by atoms with Crippen LogP contribution in [0.1, 0.15) is 30.5 Å². The van der Waals surface area contributed by atoms with E-state index in [9.17, 15) is 4.79 Å². The predicted molar refractivity (Wildman–Crippen MR) is 88.4 cm³/mol. The number of halogens is 2. The molecular weight excluding hydrogens is 317 g/mol. The van der Waals surface area contributed by atoms with Crippen LogP contribution in [-0.4, -0.2) is 42.0 Å². The number of amides is 1. The predicted octanol–water partition coefficient (Wildman–Crippen LogP) is 2.30. The van der Waals surface area contributed by atoms with Gasteiger partial charge < -0.3 is 10.2 Å². The zero-order chi connectivity index (χ0) is 13.0. The molecule has 1 aliphatic rings. The van der Waals surface area contributed by atoms with Crippen LogP contribution >= 0.6 is 36.2 Å². The summed E-state index contributed by atoms with van der Waals surface area (Å²) in [4.78, 5) is 18.5. The largest absolute Gasteiger partial charge is 0.342 e. The molecule has 1 aliphatic heterocycles. The summed E-state index contributed by atoms with van der Waals surface area (Å²) < 4.78 is 0. The third-order valence-electron chi connectivity index (χ3n) is 3.48. The van der Waals surface area contributed by atoms with Gasteiger partial charge in [-0.3, -0.25) is 4.79 Å². The van der Waals surface area contributed by atoms with Crippen molar-refractivity contribution < 1.29 is 4.79 Å². The fourth-order valence-corrected chi connectivity index (χ4v) is 3.01. The Balaban J connectivity index is 0.00000180. The van der Waals surface area contributed by atoms with Gasteiger partial charge in [-0.15, -0.1) is 36.2 Å². The molecular formula is C13H23Cl2N3OS. The summed E-state index contributed by atoms with van der Waals surface area (Å²) in [5.41, 5.74) is 0.919. The first kappa shape index (κ1) is 19.6. The molecule has 20 heavy (non-hydrogen) atoms. The molecule has 0 aliphatic carbocycles. The number of likely N-dealkylation sites (N-methyl/N-ethyl adjacent to an activating group) is 1. The van der Waals surface area contributed by atoms with Crippen molar-refractivity contribution in [2.24, 2.45) is 0 Å². The lowest BCUT2D eigenvalue weighted by molar-refractivity contribution is -0.131. The number of nitrogens with one attached hydrogen (secondary N) is 1. The number of aromatic nitrogens is 1. The third kappa shape index (κ3) is 5.20. The van der Waals surface area contributed by atoms with Gasteiger partial charge in [0.1, 0.15) is 0 Å². The van der Waals surface area contributed by atoms with Crippen molar-refractivity contribution in [3.63, 3.8) is 0 Å². The minimum Gasteiger partial charge on any atom is -0.342 e. The van der Waals surface area contributed by atoms with Gasteiger partial charge in [0, 0.05) is 18.5 Å². The van der Waals surface area contributed by atoms with Crippen molar-refractivity contribution in [1.82, 2.24) is 15.2 Å². The van der Waals surface area contributed by atoms with Crippen LogP contribution in [-0.2, 0) is 17.6 Å². The Morgan fingerprint density at radius 3 is 2.65 bits per heavy atom. The van der Waals surface area contributed by atoms with Gasteiger partial charge in [0.2, 0.25) is 5.91 Å². The SMILES string of the molecule is CCc1nc(CC(=O)N(C)C2CCNCC2)cs1.Cl.Cl. The Morgan fingerprint density at radius 1 is 1.45 bits per heavy atom. The first-order valence-corrected chi connectivity index (χ1v) is 7.48. The van der Waals surface area contributed by atoms with Crippen molar-refractivity contribution in [3.05, 3.63) is 16.1 Å². The summed E-state index contributed by atoms with van der Waals surface area (Å²) in [6.07, 6.45) is 3.50. The molecule has 0 saturated carbocycles. The topological polar surface area (TPSA) is 45.2 Å². The molecule has 1 aromatic heterocycles. The molecule has 116 valence electrons. The highest BCUT2D eigenvalue weighted by molar-refractivity contribution is 7.09. The maximum absolute atomic E-state index is 12.2. The molecule has 1 aromatic rings. The van der Waals surface area contributed by atoms with Crippen LogP contribution in [0.3, 0.4) is 0 Å². The second kappa shape index (κ2) is 9.55. The molecule has 0 unspecified atom stereocenters. The van der Waals surface area contributed by atoms with E-state index in [0.717, 1.165) is 43.1 Å². The van der Waals surface area contributed by atoms with Crippen LogP contribution in [0.25, 0.3) is 0 Å². The zero-order valence-electron chi connectivity index (χ0n) is 11.9. The highest BCUT2D eigenvalue weighted by atomic mass is 35.5. The molecule has 0 aromatic carbocycles. The second-order valence-corrected chi connectivity index (χ2v) is 5.69. The molecule has 0 atom stereocenters. The lowest BCUT2D eigenvalue weighted by Gasteiger charge is -2.31. The lowest BCUT2D eigenvalue weighted by Crippen LogP contribution is -2.44. The van der Waals surface area contributed by atoms with Gasteiger partial charge in [0.25, 0.3) is 0 Å². The number of carbonyl (C=O) groups excluding carboxylic acids is 1. The second-order valence-electron chi connectivity index (χ2n) is 4.75. The minimum absolute atomic E-state index is 0. The molecule has 2 rings (SSSR count). The molecule has 7 heteroatoms. The smallest absolute Gasteiger partial charge is 0.228 e. The van der Waals surface area contributed by atoms with Crippen LogP contribution in [0.4, 0.5) is 0 Å². The standard InChI is InChI=1S/C13H21N3OS.2ClH/c1-3-12-15-10(9-18-12)8-13(17)16(2)11-4-6-14-7-5-11;;/h9,11,14H,3-8H2,1-2H3;2*1H. The van der Waals surface area contributed by atoms with Crippen LogP contribution in [0.5, 0.6) is 0 Å². The van der Waals surface area contributed by atoms with E-state index in [2.05, 4.69) is 17.2 Å². The highest BCUT2D eigenvalue weighted by Gasteiger charge is 2.22. The number of piperidine rings is 1. The van der Waals surface area contributed by atoms with E-state index in [-0.39, 0.29) is 30.7 Å². The molecule has 1 saturated heterocycles. The average Bonchev–Trinajstić information content (AvgIpc) is 2.86. The van der Waals surface area contributed by atoms with E-state index >= 15 is 0 Å². The van der Waals surface area contributed by atoms with Gasteiger partial charge in [-0.2, -0.15) is 0 Å². The summed E-state index contributed by atoms with van der Waals surface area (Å²) in [5, 5.41) is 6.44. The van der Waals surface area contributed by atoms with Crippen molar-refractivity contribution in [1.29, 1.82) is 0 Å². The molecule has 1 N–H and O–H groups in total. The lowest BCUT2D eigenvalue weighted by atomic mass is 10.0. The van der Waals surface area contributed by atoms with Gasteiger partial charge in [-0.05, 0) is 32.4 Å². The first-order chi connectivity index (χ1) is 8.70. The van der Waals surface area contributed by atoms with Crippen molar-refractivity contribution in [2.45, 2.75) is 38.6 Å². The summed E-state index contributed by atoms with van der Waals surface area (Å²) in [6, 6.07) is 0.392. The maximum atomic E-state index is 12.2. The molecule has 0 bridgehead atoms. The molecule has 1 amide bonds. The third-order valence-corrected chi connectivity index (χ3v) is 4.53. The van der Waals surface area contributed by atoms with Crippen molar-refractivity contribution in [2.75, 3.05) is 20.1 Å². The summed E-state index contributed by atoms with van der Waals surface area (Å²) >= 11 is 1.65. The van der Waals surface area contributed by atoms with Gasteiger partial charge >= 0.3 is 0 Å². The molecule has 1 fully saturated rings. The quantitative estimate of drug-likeness (QED) is 0.915. The summed E-state index contributed by atoms with van der Waals surface area (Å²) in [7, 11) is 1.92. The number of rotatable bonds is 4. The molecule has 4 nitrogen and oxygen atoms in total. The number of hydrogen-bond donors (Lipinski definition) is 1. The Morgan fingerprint density at radius 2 is 2.10 bits per heavy atom. The Hall–Kier alpha value is -0.360. The number of hydrogen-bond acceptors (Lipinski definition) is 4. The minimum atomic E-state index is 0. The fourth-order valence-electron chi connectivity index (χ4n) is 2.27. The van der Waals surface area contributed by atoms with Crippen molar-refractivity contribution >= 4 is 42.1 Å². The highest BCUT2D eigenvalue weighted by Crippen LogP contribution is 2.14. The summed E-state index contributed by atoms with van der Waals surface area (Å²) in [6.45, 7) is 4.11. The normalized spacial score (nSPS) is 15.1.